The highest BCUT2D eigenvalue weighted by Crippen LogP contribution is 2.30. The molecule has 2 aromatic rings. The number of nitrogens with zero attached hydrogens (tertiary/aromatic N) is 1. The Bertz CT molecular complexity index is 595. The average Bonchev–Trinajstić information content (AvgIpc) is 2.45. The number of hydrogen-bond donors (Lipinski definition) is 1. The molecule has 1 saturated heterocycles. The summed E-state index contributed by atoms with van der Waals surface area (Å²) in [4.78, 5) is 15.2. The molecule has 1 N–H and O–H groups in total. The highest BCUT2D eigenvalue weighted by atomic mass is 16.5. The molecular formula is C16H16N2O2. The minimum absolute atomic E-state index is 0.195. The van der Waals surface area contributed by atoms with E-state index in [0.29, 0.717) is 12.3 Å². The van der Waals surface area contributed by atoms with Crippen LogP contribution in [0.5, 0.6) is 5.75 Å². The SMILES string of the molecule is O=Cc1ccc(OCc2ccccc2)c([C@@H]2CCN2)n1. The third-order valence-electron chi connectivity index (χ3n) is 3.42. The first-order chi connectivity index (χ1) is 9.86. The van der Waals surface area contributed by atoms with E-state index in [1.807, 2.05) is 36.4 Å². The molecule has 4 heteroatoms. The number of hydrogen-bond acceptors (Lipinski definition) is 4. The number of rotatable bonds is 5. The molecule has 1 aliphatic rings. The lowest BCUT2D eigenvalue weighted by Gasteiger charge is -2.28. The molecule has 20 heavy (non-hydrogen) atoms. The molecule has 0 radical (unpaired) electrons. The molecule has 1 atom stereocenters. The monoisotopic (exact) mass is 268 g/mol. The Hall–Kier alpha value is -2.20. The lowest BCUT2D eigenvalue weighted by molar-refractivity contribution is 0.111. The van der Waals surface area contributed by atoms with Crippen molar-refractivity contribution in [3.63, 3.8) is 0 Å². The summed E-state index contributed by atoms with van der Waals surface area (Å²) in [6.07, 6.45) is 1.79. The zero-order valence-corrected chi connectivity index (χ0v) is 11.1. The van der Waals surface area contributed by atoms with E-state index in [4.69, 9.17) is 4.74 Å². The zero-order valence-electron chi connectivity index (χ0n) is 11.1. The average molecular weight is 268 g/mol. The topological polar surface area (TPSA) is 51.2 Å². The van der Waals surface area contributed by atoms with Gasteiger partial charge >= 0.3 is 0 Å². The largest absolute Gasteiger partial charge is 0.487 e. The van der Waals surface area contributed by atoms with Crippen LogP contribution in [-0.4, -0.2) is 17.8 Å². The number of carbonyl (C=O) groups excluding carboxylic acids is 1. The van der Waals surface area contributed by atoms with E-state index in [9.17, 15) is 4.79 Å². The summed E-state index contributed by atoms with van der Waals surface area (Å²) >= 11 is 0. The van der Waals surface area contributed by atoms with Gasteiger partial charge in [0.05, 0.1) is 6.04 Å². The van der Waals surface area contributed by atoms with Gasteiger partial charge < -0.3 is 10.1 Å². The van der Waals surface area contributed by atoms with Crippen molar-refractivity contribution >= 4 is 6.29 Å². The van der Waals surface area contributed by atoms with Crippen molar-refractivity contribution in [2.24, 2.45) is 0 Å². The molecule has 0 amide bonds. The number of aromatic nitrogens is 1. The maximum absolute atomic E-state index is 10.9. The summed E-state index contributed by atoms with van der Waals surface area (Å²) in [5, 5.41) is 3.29. The molecule has 1 aromatic heterocycles. The zero-order chi connectivity index (χ0) is 13.8. The van der Waals surface area contributed by atoms with Crippen molar-refractivity contribution < 1.29 is 9.53 Å². The minimum Gasteiger partial charge on any atom is -0.487 e. The maximum Gasteiger partial charge on any atom is 0.168 e. The van der Waals surface area contributed by atoms with Gasteiger partial charge in [-0.2, -0.15) is 0 Å². The second kappa shape index (κ2) is 5.84. The van der Waals surface area contributed by atoms with E-state index in [0.717, 1.165) is 36.3 Å². The predicted octanol–water partition coefficient (Wildman–Crippen LogP) is 2.51. The van der Waals surface area contributed by atoms with Crippen LogP contribution >= 0.6 is 0 Å². The Labute approximate surface area is 117 Å². The third kappa shape index (κ3) is 2.70. The van der Waals surface area contributed by atoms with Gasteiger partial charge in [0, 0.05) is 0 Å². The number of benzene rings is 1. The smallest absolute Gasteiger partial charge is 0.168 e. The fourth-order valence-corrected chi connectivity index (χ4v) is 2.17. The number of ether oxygens (including phenoxy) is 1. The normalized spacial score (nSPS) is 17.3. The van der Waals surface area contributed by atoms with Crippen molar-refractivity contribution in [3.05, 3.63) is 59.4 Å². The fraction of sp³-hybridized carbons (Fsp3) is 0.250. The van der Waals surface area contributed by atoms with Crippen molar-refractivity contribution in [2.75, 3.05) is 6.54 Å². The van der Waals surface area contributed by atoms with Crippen molar-refractivity contribution in [1.82, 2.24) is 10.3 Å². The number of aldehydes is 1. The second-order valence-electron chi connectivity index (χ2n) is 4.81. The van der Waals surface area contributed by atoms with Gasteiger partial charge in [-0.15, -0.1) is 0 Å². The first kappa shape index (κ1) is 12.8. The second-order valence-corrected chi connectivity index (χ2v) is 4.81. The molecular weight excluding hydrogens is 252 g/mol. The molecule has 0 unspecified atom stereocenters. The van der Waals surface area contributed by atoms with Crippen molar-refractivity contribution in [2.45, 2.75) is 19.1 Å². The predicted molar refractivity (Wildman–Crippen MR) is 75.8 cm³/mol. The highest BCUT2D eigenvalue weighted by molar-refractivity contribution is 5.72. The van der Waals surface area contributed by atoms with Crippen LogP contribution < -0.4 is 10.1 Å². The van der Waals surface area contributed by atoms with Crippen LogP contribution in [0.3, 0.4) is 0 Å². The summed E-state index contributed by atoms with van der Waals surface area (Å²) in [5.41, 5.74) is 2.39. The Morgan fingerprint density at radius 3 is 2.70 bits per heavy atom. The number of nitrogens with one attached hydrogen (secondary N) is 1. The van der Waals surface area contributed by atoms with Crippen LogP contribution in [0.25, 0.3) is 0 Å². The molecule has 1 fully saturated rings. The van der Waals surface area contributed by atoms with E-state index in [1.165, 1.54) is 0 Å². The van der Waals surface area contributed by atoms with Gasteiger partial charge in [0.2, 0.25) is 0 Å². The van der Waals surface area contributed by atoms with Crippen LogP contribution in [0, 0.1) is 0 Å². The lowest BCUT2D eigenvalue weighted by Crippen LogP contribution is -2.36. The van der Waals surface area contributed by atoms with Gasteiger partial charge in [-0.3, -0.25) is 4.79 Å². The van der Waals surface area contributed by atoms with E-state index in [-0.39, 0.29) is 6.04 Å². The fourth-order valence-electron chi connectivity index (χ4n) is 2.17. The van der Waals surface area contributed by atoms with Gasteiger partial charge in [-0.1, -0.05) is 30.3 Å². The van der Waals surface area contributed by atoms with Crippen LogP contribution in [0.4, 0.5) is 0 Å². The molecule has 2 heterocycles. The summed E-state index contributed by atoms with van der Waals surface area (Å²) in [5.74, 6) is 0.747. The van der Waals surface area contributed by atoms with Gasteiger partial charge in [0.1, 0.15) is 23.7 Å². The Morgan fingerprint density at radius 1 is 1.25 bits per heavy atom. The third-order valence-corrected chi connectivity index (χ3v) is 3.42. The first-order valence-electron chi connectivity index (χ1n) is 6.73. The molecule has 1 aliphatic heterocycles. The van der Waals surface area contributed by atoms with E-state index >= 15 is 0 Å². The van der Waals surface area contributed by atoms with Gasteiger partial charge in [-0.05, 0) is 30.7 Å². The molecule has 0 bridgehead atoms. The van der Waals surface area contributed by atoms with Gasteiger partial charge in [0.25, 0.3) is 0 Å². The molecule has 4 nitrogen and oxygen atoms in total. The van der Waals surface area contributed by atoms with Gasteiger partial charge in [0.15, 0.2) is 6.29 Å². The van der Waals surface area contributed by atoms with E-state index in [2.05, 4.69) is 10.3 Å². The summed E-state index contributed by atoms with van der Waals surface area (Å²) in [6.45, 7) is 1.48. The van der Waals surface area contributed by atoms with Crippen LogP contribution in [0.15, 0.2) is 42.5 Å². The Kier molecular flexibility index (Phi) is 3.74. The molecule has 0 aliphatic carbocycles. The van der Waals surface area contributed by atoms with Crippen LogP contribution in [-0.2, 0) is 6.61 Å². The lowest BCUT2D eigenvalue weighted by atomic mass is 10.0. The molecule has 0 saturated carbocycles. The number of pyridine rings is 1. The first-order valence-corrected chi connectivity index (χ1v) is 6.73. The summed E-state index contributed by atoms with van der Waals surface area (Å²) < 4.78 is 5.86. The molecule has 102 valence electrons. The minimum atomic E-state index is 0.195. The quantitative estimate of drug-likeness (QED) is 0.847. The van der Waals surface area contributed by atoms with Crippen LogP contribution in [0.2, 0.25) is 0 Å². The summed E-state index contributed by atoms with van der Waals surface area (Å²) in [6, 6.07) is 13.7. The van der Waals surface area contributed by atoms with E-state index in [1.54, 1.807) is 6.07 Å². The molecule has 1 aromatic carbocycles. The van der Waals surface area contributed by atoms with Crippen LogP contribution in [0.1, 0.15) is 34.2 Å². The Balaban J connectivity index is 1.79. The summed E-state index contributed by atoms with van der Waals surface area (Å²) in [7, 11) is 0. The van der Waals surface area contributed by atoms with Crippen molar-refractivity contribution in [3.8, 4) is 5.75 Å². The number of carbonyl (C=O) groups is 1. The maximum atomic E-state index is 10.9. The van der Waals surface area contributed by atoms with Crippen molar-refractivity contribution in [1.29, 1.82) is 0 Å². The molecule has 0 spiro atoms. The Morgan fingerprint density at radius 2 is 2.05 bits per heavy atom. The molecule has 3 rings (SSSR count). The highest BCUT2D eigenvalue weighted by Gasteiger charge is 2.24. The van der Waals surface area contributed by atoms with Gasteiger partial charge in [-0.25, -0.2) is 4.98 Å². The van der Waals surface area contributed by atoms with E-state index < -0.39 is 0 Å². The standard InChI is InChI=1S/C16H16N2O2/c19-10-13-6-7-15(16(18-13)14-8-9-17-14)20-11-12-4-2-1-3-5-12/h1-7,10,14,17H,8-9,11H2/t14-/m0/s1.